The Morgan fingerprint density at radius 3 is 1.89 bits per heavy atom. The summed E-state index contributed by atoms with van der Waals surface area (Å²) in [5.41, 5.74) is -6.01. The van der Waals surface area contributed by atoms with Gasteiger partial charge in [-0.3, -0.25) is 0 Å². The van der Waals surface area contributed by atoms with Gasteiger partial charge in [0.25, 0.3) is 5.60 Å². The summed E-state index contributed by atoms with van der Waals surface area (Å²) in [7, 11) is 0. The molecule has 28 heavy (non-hydrogen) atoms. The van der Waals surface area contributed by atoms with Crippen molar-refractivity contribution in [3.63, 3.8) is 0 Å². The number of hydrogen-bond donors (Lipinski definition) is 1. The first-order chi connectivity index (χ1) is 12.5. The first-order valence-electron chi connectivity index (χ1n) is 8.93. The second-order valence-electron chi connectivity index (χ2n) is 7.56. The maximum Gasteiger partial charge on any atom is 0.428 e. The fourth-order valence-corrected chi connectivity index (χ4v) is 3.30. The third kappa shape index (κ3) is 5.62. The lowest BCUT2D eigenvalue weighted by Gasteiger charge is -2.42. The molecular weight excluding hydrogens is 394 g/mol. The molecule has 4 nitrogen and oxygen atoms in total. The van der Waals surface area contributed by atoms with Crippen LogP contribution in [0, 0.1) is 0 Å². The molecule has 1 rings (SSSR count). The number of ether oxygens (including phenoxy) is 2. The van der Waals surface area contributed by atoms with Gasteiger partial charge in [0, 0.05) is 5.57 Å². The Morgan fingerprint density at radius 2 is 1.54 bits per heavy atom. The van der Waals surface area contributed by atoms with Crippen LogP contribution >= 0.6 is 0 Å². The van der Waals surface area contributed by atoms with E-state index in [0.29, 0.717) is 32.6 Å². The van der Waals surface area contributed by atoms with Crippen molar-refractivity contribution in [1.82, 2.24) is 0 Å². The van der Waals surface area contributed by atoms with E-state index in [4.69, 9.17) is 9.47 Å². The third-order valence-corrected chi connectivity index (χ3v) is 5.00. The van der Waals surface area contributed by atoms with E-state index in [0.717, 1.165) is 0 Å². The Bertz CT molecular complexity index is 545. The van der Waals surface area contributed by atoms with Crippen molar-refractivity contribution in [2.75, 3.05) is 0 Å². The SMILES string of the molecule is C=C(C)C(=O)OC1CCCC(C)(OC(C)C(O)(C(F)(F)F)C(F)(F)F)CCC1. The molecule has 0 aromatic heterocycles. The van der Waals surface area contributed by atoms with Gasteiger partial charge in [-0.05, 0) is 59.3 Å². The van der Waals surface area contributed by atoms with E-state index in [1.807, 2.05) is 0 Å². The molecule has 0 spiro atoms. The molecule has 0 bridgehead atoms. The van der Waals surface area contributed by atoms with Gasteiger partial charge in [0.1, 0.15) is 12.2 Å². The largest absolute Gasteiger partial charge is 0.459 e. The first-order valence-corrected chi connectivity index (χ1v) is 8.93. The zero-order valence-corrected chi connectivity index (χ0v) is 16.0. The van der Waals surface area contributed by atoms with Crippen LogP contribution in [0.5, 0.6) is 0 Å². The van der Waals surface area contributed by atoms with Gasteiger partial charge in [0.15, 0.2) is 0 Å². The minimum Gasteiger partial charge on any atom is -0.459 e. The summed E-state index contributed by atoms with van der Waals surface area (Å²) < 4.78 is 88.5. The van der Waals surface area contributed by atoms with E-state index in [2.05, 4.69) is 6.58 Å². The van der Waals surface area contributed by atoms with Crippen molar-refractivity contribution in [3.8, 4) is 0 Å². The smallest absolute Gasteiger partial charge is 0.428 e. The van der Waals surface area contributed by atoms with Crippen LogP contribution in [0.25, 0.3) is 0 Å². The monoisotopic (exact) mass is 420 g/mol. The van der Waals surface area contributed by atoms with Crippen LogP contribution in [-0.2, 0) is 14.3 Å². The van der Waals surface area contributed by atoms with Crippen molar-refractivity contribution in [1.29, 1.82) is 0 Å². The Kier molecular flexibility index (Phi) is 7.61. The average Bonchev–Trinajstić information content (AvgIpc) is 2.49. The van der Waals surface area contributed by atoms with Crippen LogP contribution < -0.4 is 0 Å². The summed E-state index contributed by atoms with van der Waals surface area (Å²) in [6.07, 6.45) is -13.0. The minimum atomic E-state index is -5.94. The highest BCUT2D eigenvalue weighted by molar-refractivity contribution is 5.87. The van der Waals surface area contributed by atoms with Crippen LogP contribution in [0.15, 0.2) is 12.2 Å². The van der Waals surface area contributed by atoms with Crippen molar-refractivity contribution < 1.29 is 45.7 Å². The fraction of sp³-hybridized carbons (Fsp3) is 0.833. The van der Waals surface area contributed by atoms with Gasteiger partial charge in [-0.1, -0.05) is 6.58 Å². The predicted octanol–water partition coefficient (Wildman–Crippen LogP) is 4.85. The molecule has 0 radical (unpaired) electrons. The Labute approximate surface area is 159 Å². The molecule has 1 N–H and O–H groups in total. The molecule has 1 aliphatic rings. The number of hydrogen-bond acceptors (Lipinski definition) is 4. The van der Waals surface area contributed by atoms with Crippen LogP contribution in [0.1, 0.15) is 59.3 Å². The lowest BCUT2D eigenvalue weighted by atomic mass is 9.86. The molecular formula is C18H26F6O4. The maximum atomic E-state index is 13.0. The predicted molar refractivity (Wildman–Crippen MR) is 88.4 cm³/mol. The summed E-state index contributed by atoms with van der Waals surface area (Å²) in [6.45, 7) is 6.98. The van der Waals surface area contributed by atoms with Gasteiger partial charge in [-0.25, -0.2) is 4.79 Å². The highest BCUT2D eigenvalue weighted by atomic mass is 19.4. The molecule has 0 aromatic carbocycles. The number of carbonyl (C=O) groups is 1. The molecule has 0 heterocycles. The summed E-state index contributed by atoms with van der Waals surface area (Å²) in [5, 5.41) is 9.48. The molecule has 0 saturated heterocycles. The normalized spacial score (nSPS) is 26.1. The van der Waals surface area contributed by atoms with E-state index in [9.17, 15) is 36.2 Å². The molecule has 164 valence electrons. The summed E-state index contributed by atoms with van der Waals surface area (Å²) in [5.74, 6) is -0.543. The number of esters is 1. The van der Waals surface area contributed by atoms with Crippen LogP contribution in [0.4, 0.5) is 26.3 Å². The molecule has 10 heteroatoms. The lowest BCUT2D eigenvalue weighted by Crippen LogP contribution is -2.65. The van der Waals surface area contributed by atoms with Crippen molar-refractivity contribution in [2.24, 2.45) is 0 Å². The number of aliphatic hydroxyl groups is 1. The Morgan fingerprint density at radius 1 is 1.11 bits per heavy atom. The zero-order valence-electron chi connectivity index (χ0n) is 16.0. The van der Waals surface area contributed by atoms with Crippen LogP contribution in [0.3, 0.4) is 0 Å². The average molecular weight is 420 g/mol. The zero-order chi connectivity index (χ0) is 22.0. The number of halogens is 6. The minimum absolute atomic E-state index is 0.157. The molecule has 1 saturated carbocycles. The third-order valence-electron chi connectivity index (χ3n) is 5.00. The van der Waals surface area contributed by atoms with E-state index < -0.39 is 41.7 Å². The maximum absolute atomic E-state index is 13.0. The van der Waals surface area contributed by atoms with E-state index in [1.165, 1.54) is 13.8 Å². The van der Waals surface area contributed by atoms with Gasteiger partial charge in [0.05, 0.1) is 5.60 Å². The molecule has 1 unspecified atom stereocenters. The first kappa shape index (κ1) is 24.7. The molecule has 0 amide bonds. The number of carbonyl (C=O) groups excluding carboxylic acids is 1. The van der Waals surface area contributed by atoms with Gasteiger partial charge in [-0.15, -0.1) is 0 Å². The van der Waals surface area contributed by atoms with Crippen molar-refractivity contribution >= 4 is 5.97 Å². The van der Waals surface area contributed by atoms with Gasteiger partial charge < -0.3 is 14.6 Å². The highest BCUT2D eigenvalue weighted by Gasteiger charge is 2.74. The second kappa shape index (κ2) is 8.61. The molecule has 1 aliphatic carbocycles. The molecule has 1 atom stereocenters. The topological polar surface area (TPSA) is 55.8 Å². The number of alkyl halides is 6. The van der Waals surface area contributed by atoms with E-state index >= 15 is 0 Å². The van der Waals surface area contributed by atoms with Gasteiger partial charge >= 0.3 is 18.3 Å². The van der Waals surface area contributed by atoms with Crippen LogP contribution in [-0.4, -0.2) is 46.8 Å². The van der Waals surface area contributed by atoms with Gasteiger partial charge in [0.2, 0.25) is 0 Å². The Balaban J connectivity index is 2.84. The van der Waals surface area contributed by atoms with Crippen molar-refractivity contribution in [3.05, 3.63) is 12.2 Å². The lowest BCUT2D eigenvalue weighted by molar-refractivity contribution is -0.399. The van der Waals surface area contributed by atoms with Crippen LogP contribution in [0.2, 0.25) is 0 Å². The summed E-state index contributed by atoms with van der Waals surface area (Å²) >= 11 is 0. The van der Waals surface area contributed by atoms with Gasteiger partial charge in [-0.2, -0.15) is 26.3 Å². The second-order valence-corrected chi connectivity index (χ2v) is 7.56. The molecule has 0 aromatic rings. The van der Waals surface area contributed by atoms with E-state index in [1.54, 1.807) is 0 Å². The highest BCUT2D eigenvalue weighted by Crippen LogP contribution is 2.47. The molecule has 0 aliphatic heterocycles. The Hall–Kier alpha value is -1.29. The molecule has 1 fully saturated rings. The number of rotatable bonds is 5. The van der Waals surface area contributed by atoms with Crippen molar-refractivity contribution in [2.45, 2.75) is 95.1 Å². The summed E-state index contributed by atoms with van der Waals surface area (Å²) in [6, 6.07) is 0. The standard InChI is InChI=1S/C18H26F6O4/c1-11(2)14(25)27-13-7-5-9-15(4,10-6-8-13)28-12(3)16(26,17(19,20)21)18(22,23)24/h12-13,26H,1,5-10H2,2-4H3. The summed E-state index contributed by atoms with van der Waals surface area (Å²) in [4.78, 5) is 11.6. The fourth-order valence-electron chi connectivity index (χ4n) is 3.30. The quantitative estimate of drug-likeness (QED) is 0.393. The van der Waals surface area contributed by atoms with E-state index in [-0.39, 0.29) is 18.4 Å².